The highest BCUT2D eigenvalue weighted by atomic mass is 19.1. The third-order valence-corrected chi connectivity index (χ3v) is 4.57. The summed E-state index contributed by atoms with van der Waals surface area (Å²) in [6.07, 6.45) is 2.83. The molecule has 0 atom stereocenters. The molecule has 0 amide bonds. The summed E-state index contributed by atoms with van der Waals surface area (Å²) in [6.45, 7) is 3.11. The van der Waals surface area contributed by atoms with Gasteiger partial charge in [-0.15, -0.1) is 20.4 Å². The van der Waals surface area contributed by atoms with Gasteiger partial charge in [0.15, 0.2) is 0 Å². The number of benzene rings is 2. The monoisotopic (exact) mass is 392 g/mol. The molecule has 2 heterocycles. The van der Waals surface area contributed by atoms with Gasteiger partial charge in [-0.3, -0.25) is 0 Å². The Morgan fingerprint density at radius 3 is 2.00 bits per heavy atom. The van der Waals surface area contributed by atoms with E-state index in [1.807, 2.05) is 30.3 Å². The van der Waals surface area contributed by atoms with Crippen LogP contribution in [0.15, 0.2) is 48.5 Å². The fourth-order valence-electron chi connectivity index (χ4n) is 2.96. The molecule has 2 aromatic carbocycles. The first-order valence-electron chi connectivity index (χ1n) is 9.56. The summed E-state index contributed by atoms with van der Waals surface area (Å²) in [5.41, 5.74) is 2.29. The van der Waals surface area contributed by atoms with E-state index in [-0.39, 0.29) is 5.82 Å². The number of nitrogens with zero attached hydrogens (tertiary/aromatic N) is 8. The Morgan fingerprint density at radius 2 is 1.38 bits per heavy atom. The molecule has 0 aliphatic carbocycles. The molecule has 0 fully saturated rings. The predicted octanol–water partition coefficient (Wildman–Crippen LogP) is 3.31. The third kappa shape index (κ3) is 4.68. The van der Waals surface area contributed by atoms with Gasteiger partial charge in [-0.2, -0.15) is 9.59 Å². The maximum absolute atomic E-state index is 13.4. The number of hydrogen-bond donors (Lipinski definition) is 0. The molecule has 0 saturated carbocycles. The van der Waals surface area contributed by atoms with Crippen molar-refractivity contribution in [2.75, 3.05) is 0 Å². The van der Waals surface area contributed by atoms with Crippen LogP contribution in [0.2, 0.25) is 0 Å². The van der Waals surface area contributed by atoms with E-state index < -0.39 is 0 Å². The number of unbranched alkanes of at least 4 members (excludes halogenated alkanes) is 2. The van der Waals surface area contributed by atoms with Gasteiger partial charge in [0.25, 0.3) is 0 Å². The quantitative estimate of drug-likeness (QED) is 0.428. The van der Waals surface area contributed by atoms with Gasteiger partial charge in [0.2, 0.25) is 11.6 Å². The second-order valence-electron chi connectivity index (χ2n) is 6.81. The van der Waals surface area contributed by atoms with E-state index in [9.17, 15) is 4.39 Å². The van der Waals surface area contributed by atoms with E-state index in [0.717, 1.165) is 30.4 Å². The fraction of sp³-hybridized carbons (Fsp3) is 0.300. The summed E-state index contributed by atoms with van der Waals surface area (Å²) < 4.78 is 13.4. The molecular formula is C20H21FN8. The van der Waals surface area contributed by atoms with Crippen molar-refractivity contribution in [1.29, 1.82) is 0 Å². The Labute approximate surface area is 167 Å². The van der Waals surface area contributed by atoms with E-state index >= 15 is 0 Å². The minimum Gasteiger partial charge on any atom is -0.207 e. The first-order valence-corrected chi connectivity index (χ1v) is 9.56. The van der Waals surface area contributed by atoms with Gasteiger partial charge in [0, 0.05) is 11.1 Å². The van der Waals surface area contributed by atoms with Crippen molar-refractivity contribution in [3.8, 4) is 22.8 Å². The highest BCUT2D eigenvalue weighted by Gasteiger charge is 2.08. The van der Waals surface area contributed by atoms with Crippen molar-refractivity contribution in [2.24, 2.45) is 0 Å². The standard InChI is InChI=1S/C20H21FN8/c1-15-14-17(10-11-18(15)21)20-23-27-29(25-20)13-7-3-6-12-28-24-19(22-26-28)16-8-4-2-5-9-16/h2,4-5,8-11,14H,3,6-7,12-13H2,1H3. The Balaban J connectivity index is 1.23. The van der Waals surface area contributed by atoms with Crippen molar-refractivity contribution in [3.05, 3.63) is 59.9 Å². The molecule has 0 radical (unpaired) electrons. The highest BCUT2D eigenvalue weighted by molar-refractivity contribution is 5.55. The van der Waals surface area contributed by atoms with Crippen LogP contribution in [0, 0.1) is 12.7 Å². The Bertz CT molecular complexity index is 1070. The van der Waals surface area contributed by atoms with Crippen molar-refractivity contribution in [3.63, 3.8) is 0 Å². The summed E-state index contributed by atoms with van der Waals surface area (Å²) >= 11 is 0. The molecule has 0 bridgehead atoms. The second kappa shape index (κ2) is 8.68. The lowest BCUT2D eigenvalue weighted by Gasteiger charge is -2.00. The molecule has 0 unspecified atom stereocenters. The van der Waals surface area contributed by atoms with Crippen molar-refractivity contribution in [1.82, 2.24) is 40.4 Å². The number of aryl methyl sites for hydroxylation is 3. The topological polar surface area (TPSA) is 87.2 Å². The molecule has 0 saturated heterocycles. The minimum atomic E-state index is -0.237. The summed E-state index contributed by atoms with van der Waals surface area (Å²) in [6, 6.07) is 14.6. The molecule has 148 valence electrons. The van der Waals surface area contributed by atoms with Crippen LogP contribution < -0.4 is 0 Å². The lowest BCUT2D eigenvalue weighted by Crippen LogP contribution is -2.05. The van der Waals surface area contributed by atoms with Crippen LogP contribution in [-0.4, -0.2) is 40.4 Å². The summed E-state index contributed by atoms with van der Waals surface area (Å²) in [5.74, 6) is 0.910. The van der Waals surface area contributed by atoms with E-state index in [2.05, 4.69) is 30.8 Å². The Kier molecular flexibility index (Phi) is 5.64. The SMILES string of the molecule is Cc1cc(-c2nnn(CCCCCn3nnc(-c4ccccc4)n3)n2)ccc1F. The van der Waals surface area contributed by atoms with Crippen LogP contribution in [0.5, 0.6) is 0 Å². The number of tetrazole rings is 2. The van der Waals surface area contributed by atoms with Crippen LogP contribution in [0.1, 0.15) is 24.8 Å². The average molecular weight is 392 g/mol. The maximum Gasteiger partial charge on any atom is 0.204 e. The van der Waals surface area contributed by atoms with Crippen molar-refractivity contribution >= 4 is 0 Å². The number of aromatic nitrogens is 8. The maximum atomic E-state index is 13.4. The Morgan fingerprint density at radius 1 is 0.759 bits per heavy atom. The van der Waals surface area contributed by atoms with Gasteiger partial charge >= 0.3 is 0 Å². The molecule has 0 aliphatic heterocycles. The largest absolute Gasteiger partial charge is 0.207 e. The lowest BCUT2D eigenvalue weighted by molar-refractivity contribution is 0.444. The summed E-state index contributed by atoms with van der Waals surface area (Å²) in [5, 5.41) is 25.1. The fourth-order valence-corrected chi connectivity index (χ4v) is 2.96. The lowest BCUT2D eigenvalue weighted by atomic mass is 10.1. The molecule has 29 heavy (non-hydrogen) atoms. The molecular weight excluding hydrogens is 371 g/mol. The van der Waals surface area contributed by atoms with Crippen LogP contribution in [0.4, 0.5) is 4.39 Å². The smallest absolute Gasteiger partial charge is 0.204 e. The molecule has 9 heteroatoms. The summed E-state index contributed by atoms with van der Waals surface area (Å²) in [7, 11) is 0. The molecule has 4 rings (SSSR count). The van der Waals surface area contributed by atoms with Crippen LogP contribution in [0.25, 0.3) is 22.8 Å². The van der Waals surface area contributed by atoms with Gasteiger partial charge in [0.1, 0.15) is 5.82 Å². The zero-order chi connectivity index (χ0) is 20.1. The van der Waals surface area contributed by atoms with Gasteiger partial charge in [-0.05, 0) is 60.4 Å². The van der Waals surface area contributed by atoms with Gasteiger partial charge in [-0.25, -0.2) is 4.39 Å². The molecule has 2 aromatic heterocycles. The normalized spacial score (nSPS) is 11.1. The number of hydrogen-bond acceptors (Lipinski definition) is 6. The number of rotatable bonds is 8. The van der Waals surface area contributed by atoms with Gasteiger partial charge < -0.3 is 0 Å². The molecule has 8 nitrogen and oxygen atoms in total. The molecule has 0 N–H and O–H groups in total. The van der Waals surface area contributed by atoms with E-state index in [1.54, 1.807) is 28.6 Å². The van der Waals surface area contributed by atoms with Crippen LogP contribution >= 0.6 is 0 Å². The molecule has 0 aliphatic rings. The van der Waals surface area contributed by atoms with Gasteiger partial charge in [0.05, 0.1) is 13.1 Å². The second-order valence-corrected chi connectivity index (χ2v) is 6.81. The van der Waals surface area contributed by atoms with E-state index in [1.165, 1.54) is 6.07 Å². The van der Waals surface area contributed by atoms with Gasteiger partial charge in [-0.1, -0.05) is 30.3 Å². The molecule has 4 aromatic rings. The zero-order valence-electron chi connectivity index (χ0n) is 16.1. The third-order valence-electron chi connectivity index (χ3n) is 4.57. The predicted molar refractivity (Wildman–Crippen MR) is 105 cm³/mol. The molecule has 0 spiro atoms. The minimum absolute atomic E-state index is 0.237. The zero-order valence-corrected chi connectivity index (χ0v) is 16.1. The summed E-state index contributed by atoms with van der Waals surface area (Å²) in [4.78, 5) is 3.21. The van der Waals surface area contributed by atoms with Crippen molar-refractivity contribution < 1.29 is 4.39 Å². The van der Waals surface area contributed by atoms with E-state index in [4.69, 9.17) is 0 Å². The number of halogens is 1. The first-order chi connectivity index (χ1) is 14.2. The highest BCUT2D eigenvalue weighted by Crippen LogP contribution is 2.17. The van der Waals surface area contributed by atoms with Crippen LogP contribution in [0.3, 0.4) is 0 Å². The van der Waals surface area contributed by atoms with Crippen molar-refractivity contribution in [2.45, 2.75) is 39.3 Å². The van der Waals surface area contributed by atoms with Crippen LogP contribution in [-0.2, 0) is 13.1 Å². The first kappa shape index (κ1) is 18.9. The Hall–Kier alpha value is -3.49. The van der Waals surface area contributed by atoms with E-state index in [0.29, 0.717) is 30.3 Å². The average Bonchev–Trinajstić information content (AvgIpc) is 3.40.